The zero-order valence-corrected chi connectivity index (χ0v) is 16.3. The van der Waals surface area contributed by atoms with Gasteiger partial charge in [-0.2, -0.15) is 0 Å². The number of allylic oxidation sites excluding steroid dienone is 1. The Hall–Kier alpha value is -2.63. The third-order valence-electron chi connectivity index (χ3n) is 4.65. The third kappa shape index (κ3) is 6.22. The first-order valence-electron chi connectivity index (χ1n) is 9.64. The number of benzene rings is 2. The summed E-state index contributed by atoms with van der Waals surface area (Å²) in [6, 6.07) is 14.9. The minimum atomic E-state index is -0.0401. The predicted molar refractivity (Wildman–Crippen MR) is 110 cm³/mol. The Labute approximate surface area is 166 Å². The van der Waals surface area contributed by atoms with Crippen molar-refractivity contribution in [2.75, 3.05) is 46.6 Å². The van der Waals surface area contributed by atoms with Gasteiger partial charge in [0.1, 0.15) is 11.5 Å². The molecule has 148 valence electrons. The van der Waals surface area contributed by atoms with Gasteiger partial charge in [-0.05, 0) is 54.5 Å². The van der Waals surface area contributed by atoms with Crippen molar-refractivity contribution in [1.82, 2.24) is 4.90 Å². The van der Waals surface area contributed by atoms with Crippen LogP contribution < -0.4 is 9.47 Å². The van der Waals surface area contributed by atoms with Crippen LogP contribution in [-0.4, -0.2) is 57.2 Å². The zero-order chi connectivity index (χ0) is 19.6. The Balaban J connectivity index is 1.45. The summed E-state index contributed by atoms with van der Waals surface area (Å²) in [6.07, 6.45) is 4.35. The molecule has 1 fully saturated rings. The lowest BCUT2D eigenvalue weighted by Gasteiger charge is -2.26. The first-order valence-corrected chi connectivity index (χ1v) is 9.64. The molecule has 2 aromatic carbocycles. The number of hydrogen-bond acceptors (Lipinski definition) is 5. The van der Waals surface area contributed by atoms with Gasteiger partial charge in [0.05, 0.1) is 26.9 Å². The highest BCUT2D eigenvalue weighted by atomic mass is 16.5. The number of methoxy groups -OCH3 is 1. The van der Waals surface area contributed by atoms with Crippen molar-refractivity contribution in [3.63, 3.8) is 0 Å². The highest BCUT2D eigenvalue weighted by Crippen LogP contribution is 2.16. The van der Waals surface area contributed by atoms with Crippen LogP contribution in [0.15, 0.2) is 54.6 Å². The van der Waals surface area contributed by atoms with E-state index in [1.165, 1.54) is 0 Å². The second-order valence-corrected chi connectivity index (χ2v) is 6.65. The van der Waals surface area contributed by atoms with Gasteiger partial charge in [-0.1, -0.05) is 18.2 Å². The fourth-order valence-electron chi connectivity index (χ4n) is 3.03. The molecule has 0 atom stereocenters. The van der Waals surface area contributed by atoms with E-state index < -0.39 is 0 Å². The second kappa shape index (κ2) is 10.6. The number of hydrogen-bond donors (Lipinski definition) is 0. The van der Waals surface area contributed by atoms with Crippen LogP contribution in [0.1, 0.15) is 22.3 Å². The van der Waals surface area contributed by atoms with E-state index in [0.717, 1.165) is 56.3 Å². The molecule has 0 N–H and O–H groups in total. The van der Waals surface area contributed by atoms with Crippen molar-refractivity contribution >= 4 is 11.9 Å². The lowest BCUT2D eigenvalue weighted by atomic mass is 10.1. The summed E-state index contributed by atoms with van der Waals surface area (Å²) in [5.41, 5.74) is 1.56. The van der Waals surface area contributed by atoms with Crippen LogP contribution in [0.25, 0.3) is 6.08 Å². The number of carbonyl (C=O) groups is 1. The summed E-state index contributed by atoms with van der Waals surface area (Å²) in [4.78, 5) is 14.7. The SMILES string of the molecule is COc1cccc(C=CC(=O)c2ccc(OCCCN3CCOCC3)cc2)c1. The number of morpholine rings is 1. The van der Waals surface area contributed by atoms with E-state index in [1.54, 1.807) is 31.4 Å². The van der Waals surface area contributed by atoms with Gasteiger partial charge in [0, 0.05) is 25.2 Å². The fraction of sp³-hybridized carbons (Fsp3) is 0.348. The maximum Gasteiger partial charge on any atom is 0.185 e. The van der Waals surface area contributed by atoms with E-state index in [2.05, 4.69) is 4.90 Å². The number of rotatable bonds is 9. The molecule has 28 heavy (non-hydrogen) atoms. The van der Waals surface area contributed by atoms with Gasteiger partial charge >= 0.3 is 0 Å². The molecule has 0 aromatic heterocycles. The molecular weight excluding hydrogens is 354 g/mol. The smallest absolute Gasteiger partial charge is 0.185 e. The minimum absolute atomic E-state index is 0.0401. The van der Waals surface area contributed by atoms with E-state index in [-0.39, 0.29) is 5.78 Å². The monoisotopic (exact) mass is 381 g/mol. The Kier molecular flexibility index (Phi) is 7.64. The first-order chi connectivity index (χ1) is 13.7. The molecule has 0 saturated carbocycles. The molecule has 0 aliphatic carbocycles. The summed E-state index contributed by atoms with van der Waals surface area (Å²) in [7, 11) is 1.63. The summed E-state index contributed by atoms with van der Waals surface area (Å²) in [6.45, 7) is 5.33. The van der Waals surface area contributed by atoms with Crippen LogP contribution in [0.3, 0.4) is 0 Å². The number of ether oxygens (including phenoxy) is 3. The maximum absolute atomic E-state index is 12.3. The van der Waals surface area contributed by atoms with Gasteiger partial charge in [0.15, 0.2) is 5.78 Å². The Morgan fingerprint density at radius 1 is 1.11 bits per heavy atom. The van der Waals surface area contributed by atoms with Crippen molar-refractivity contribution in [2.45, 2.75) is 6.42 Å². The molecule has 0 amide bonds. The summed E-state index contributed by atoms with van der Waals surface area (Å²) >= 11 is 0. The van der Waals surface area contributed by atoms with Crippen molar-refractivity contribution in [3.8, 4) is 11.5 Å². The van der Waals surface area contributed by atoms with Crippen LogP contribution in [0.4, 0.5) is 0 Å². The number of ketones is 1. The normalized spacial score (nSPS) is 14.9. The molecule has 0 spiro atoms. The summed E-state index contributed by atoms with van der Waals surface area (Å²) < 4.78 is 16.3. The Morgan fingerprint density at radius 2 is 1.89 bits per heavy atom. The second-order valence-electron chi connectivity index (χ2n) is 6.65. The molecule has 1 heterocycles. The highest BCUT2D eigenvalue weighted by molar-refractivity contribution is 6.06. The van der Waals surface area contributed by atoms with Gasteiger partial charge in [0.25, 0.3) is 0 Å². The molecule has 5 nitrogen and oxygen atoms in total. The first kappa shape index (κ1) is 20.1. The van der Waals surface area contributed by atoms with Crippen molar-refractivity contribution < 1.29 is 19.0 Å². The maximum atomic E-state index is 12.3. The van der Waals surface area contributed by atoms with Gasteiger partial charge in [-0.3, -0.25) is 9.69 Å². The molecular formula is C23H27NO4. The van der Waals surface area contributed by atoms with E-state index >= 15 is 0 Å². The molecule has 2 aromatic rings. The molecule has 3 rings (SSSR count). The van der Waals surface area contributed by atoms with E-state index in [1.807, 2.05) is 36.4 Å². The molecule has 1 aliphatic rings. The van der Waals surface area contributed by atoms with Gasteiger partial charge in [-0.15, -0.1) is 0 Å². The molecule has 1 aliphatic heterocycles. The Bertz CT molecular complexity index is 779. The molecule has 0 radical (unpaired) electrons. The lowest BCUT2D eigenvalue weighted by molar-refractivity contribution is 0.0358. The van der Waals surface area contributed by atoms with Gasteiger partial charge in [-0.25, -0.2) is 0 Å². The van der Waals surface area contributed by atoms with Crippen molar-refractivity contribution in [1.29, 1.82) is 0 Å². The van der Waals surface area contributed by atoms with E-state index in [4.69, 9.17) is 14.2 Å². The van der Waals surface area contributed by atoms with Crippen LogP contribution in [0.5, 0.6) is 11.5 Å². The average molecular weight is 381 g/mol. The Morgan fingerprint density at radius 3 is 2.64 bits per heavy atom. The number of nitrogens with zero attached hydrogens (tertiary/aromatic N) is 1. The average Bonchev–Trinajstić information content (AvgIpc) is 2.76. The van der Waals surface area contributed by atoms with E-state index in [9.17, 15) is 4.79 Å². The molecule has 0 bridgehead atoms. The number of carbonyl (C=O) groups excluding carboxylic acids is 1. The van der Waals surface area contributed by atoms with Crippen molar-refractivity contribution in [3.05, 3.63) is 65.7 Å². The molecule has 0 unspecified atom stereocenters. The standard InChI is InChI=1S/C23H27NO4/c1-26-22-5-2-4-19(18-22)6-11-23(25)20-7-9-21(10-8-20)28-15-3-12-24-13-16-27-17-14-24/h2,4-11,18H,3,12-17H2,1H3. The third-order valence-corrected chi connectivity index (χ3v) is 4.65. The quantitative estimate of drug-likeness (QED) is 0.377. The summed E-state index contributed by atoms with van der Waals surface area (Å²) in [5.74, 6) is 1.52. The van der Waals surface area contributed by atoms with Crippen LogP contribution in [0.2, 0.25) is 0 Å². The molecule has 5 heteroatoms. The van der Waals surface area contributed by atoms with Crippen molar-refractivity contribution in [2.24, 2.45) is 0 Å². The largest absolute Gasteiger partial charge is 0.497 e. The van der Waals surface area contributed by atoms with E-state index in [0.29, 0.717) is 12.2 Å². The van der Waals surface area contributed by atoms with Gasteiger partial charge < -0.3 is 14.2 Å². The van der Waals surface area contributed by atoms with Crippen LogP contribution >= 0.6 is 0 Å². The van der Waals surface area contributed by atoms with Gasteiger partial charge in [0.2, 0.25) is 0 Å². The van der Waals surface area contributed by atoms with Crippen LogP contribution in [0, 0.1) is 0 Å². The topological polar surface area (TPSA) is 48.0 Å². The van der Waals surface area contributed by atoms with Crippen LogP contribution in [-0.2, 0) is 4.74 Å². The molecule has 1 saturated heterocycles. The summed E-state index contributed by atoms with van der Waals surface area (Å²) in [5, 5.41) is 0. The lowest BCUT2D eigenvalue weighted by Crippen LogP contribution is -2.37. The minimum Gasteiger partial charge on any atom is -0.497 e. The zero-order valence-electron chi connectivity index (χ0n) is 16.3. The highest BCUT2D eigenvalue weighted by Gasteiger charge is 2.09. The predicted octanol–water partition coefficient (Wildman–Crippen LogP) is 3.69. The fourth-order valence-corrected chi connectivity index (χ4v) is 3.03.